The molecular formula is C12H9F2NO3S. The fourth-order valence-corrected chi connectivity index (χ4v) is 2.26. The summed E-state index contributed by atoms with van der Waals surface area (Å²) in [6, 6.07) is 6.02. The van der Waals surface area contributed by atoms with E-state index in [1.807, 2.05) is 0 Å². The van der Waals surface area contributed by atoms with Gasteiger partial charge < -0.3 is 9.84 Å². The first-order chi connectivity index (χ1) is 9.04. The van der Waals surface area contributed by atoms with Gasteiger partial charge in [-0.3, -0.25) is 4.79 Å². The number of benzene rings is 1. The number of alkyl halides is 2. The van der Waals surface area contributed by atoms with E-state index in [4.69, 9.17) is 5.11 Å². The molecule has 1 N–H and O–H groups in total. The Morgan fingerprint density at radius 2 is 2.05 bits per heavy atom. The highest BCUT2D eigenvalue weighted by Crippen LogP contribution is 2.25. The first-order valence-corrected chi connectivity index (χ1v) is 6.14. The van der Waals surface area contributed by atoms with E-state index in [2.05, 4.69) is 9.72 Å². The number of carboxylic acids is 1. The van der Waals surface area contributed by atoms with Gasteiger partial charge in [-0.1, -0.05) is 0 Å². The average molecular weight is 285 g/mol. The van der Waals surface area contributed by atoms with Crippen molar-refractivity contribution in [1.82, 2.24) is 4.98 Å². The number of carbonyl (C=O) groups is 1. The topological polar surface area (TPSA) is 59.4 Å². The molecule has 0 fully saturated rings. The number of aliphatic carboxylic acids is 1. The summed E-state index contributed by atoms with van der Waals surface area (Å²) in [5, 5.41) is 10.9. The van der Waals surface area contributed by atoms with Crippen molar-refractivity contribution in [2.75, 3.05) is 0 Å². The number of nitrogens with zero attached hydrogens (tertiary/aromatic N) is 1. The van der Waals surface area contributed by atoms with Gasteiger partial charge in [-0.2, -0.15) is 8.78 Å². The van der Waals surface area contributed by atoms with Gasteiger partial charge in [0.25, 0.3) is 0 Å². The molecule has 0 spiro atoms. The predicted octanol–water partition coefficient (Wildman–Crippen LogP) is 3.04. The van der Waals surface area contributed by atoms with Crippen LogP contribution in [0.15, 0.2) is 29.6 Å². The van der Waals surface area contributed by atoms with Crippen molar-refractivity contribution < 1.29 is 23.4 Å². The smallest absolute Gasteiger partial charge is 0.387 e. The fraction of sp³-hybridized carbons (Fsp3) is 0.167. The first kappa shape index (κ1) is 13.4. The Labute approximate surface area is 111 Å². The normalized spacial score (nSPS) is 10.7. The van der Waals surface area contributed by atoms with Crippen LogP contribution < -0.4 is 4.74 Å². The monoisotopic (exact) mass is 285 g/mol. The maximum absolute atomic E-state index is 12.0. The Hall–Kier alpha value is -2.02. The molecule has 0 radical (unpaired) electrons. The molecule has 1 aromatic heterocycles. The molecule has 100 valence electrons. The molecule has 0 atom stereocenters. The number of aromatic nitrogens is 1. The van der Waals surface area contributed by atoms with Crippen molar-refractivity contribution in [1.29, 1.82) is 0 Å². The van der Waals surface area contributed by atoms with Crippen LogP contribution in [-0.4, -0.2) is 22.7 Å². The van der Waals surface area contributed by atoms with Crippen LogP contribution in [-0.2, 0) is 11.2 Å². The molecule has 0 amide bonds. The molecule has 1 aromatic carbocycles. The van der Waals surface area contributed by atoms with Gasteiger partial charge in [-0.05, 0) is 24.3 Å². The second kappa shape index (κ2) is 5.75. The van der Waals surface area contributed by atoms with Crippen LogP contribution in [0.25, 0.3) is 11.3 Å². The zero-order chi connectivity index (χ0) is 13.8. The highest BCUT2D eigenvalue weighted by atomic mass is 32.1. The van der Waals surface area contributed by atoms with Crippen molar-refractivity contribution in [2.45, 2.75) is 13.0 Å². The molecule has 2 aromatic rings. The predicted molar refractivity (Wildman–Crippen MR) is 65.5 cm³/mol. The summed E-state index contributed by atoms with van der Waals surface area (Å²) in [7, 11) is 0. The molecule has 0 aliphatic rings. The quantitative estimate of drug-likeness (QED) is 0.917. The van der Waals surface area contributed by atoms with E-state index in [0.717, 1.165) is 5.56 Å². The number of hydrogen-bond donors (Lipinski definition) is 1. The van der Waals surface area contributed by atoms with Gasteiger partial charge in [0.15, 0.2) is 0 Å². The lowest BCUT2D eigenvalue weighted by Gasteiger charge is -2.04. The molecule has 0 saturated carbocycles. The molecule has 0 bridgehead atoms. The van der Waals surface area contributed by atoms with E-state index in [9.17, 15) is 13.6 Å². The van der Waals surface area contributed by atoms with Crippen LogP contribution >= 0.6 is 11.3 Å². The van der Waals surface area contributed by atoms with E-state index in [1.54, 1.807) is 17.5 Å². The SMILES string of the molecule is O=C(O)Cc1nc(-c2ccc(OC(F)F)cc2)cs1. The molecule has 0 aliphatic heterocycles. The Morgan fingerprint density at radius 3 is 2.63 bits per heavy atom. The number of hydrogen-bond acceptors (Lipinski definition) is 4. The van der Waals surface area contributed by atoms with E-state index >= 15 is 0 Å². The number of rotatable bonds is 5. The van der Waals surface area contributed by atoms with Gasteiger partial charge in [0.05, 0.1) is 12.1 Å². The fourth-order valence-electron chi connectivity index (χ4n) is 1.46. The van der Waals surface area contributed by atoms with Gasteiger partial charge in [0.2, 0.25) is 0 Å². The third-order valence-electron chi connectivity index (χ3n) is 2.23. The molecule has 1 heterocycles. The number of thiazole rings is 1. The molecule has 19 heavy (non-hydrogen) atoms. The summed E-state index contributed by atoms with van der Waals surface area (Å²) in [5.41, 5.74) is 1.33. The van der Waals surface area contributed by atoms with Crippen molar-refractivity contribution >= 4 is 17.3 Å². The minimum atomic E-state index is -2.85. The number of ether oxygens (including phenoxy) is 1. The minimum Gasteiger partial charge on any atom is -0.481 e. The van der Waals surface area contributed by atoms with Gasteiger partial charge in [-0.15, -0.1) is 11.3 Å². The van der Waals surface area contributed by atoms with Crippen molar-refractivity contribution in [3.8, 4) is 17.0 Å². The molecule has 2 rings (SSSR count). The largest absolute Gasteiger partial charge is 0.481 e. The zero-order valence-corrected chi connectivity index (χ0v) is 10.4. The minimum absolute atomic E-state index is 0.0692. The van der Waals surface area contributed by atoms with Gasteiger partial charge in [0, 0.05) is 10.9 Å². The second-order valence-electron chi connectivity index (χ2n) is 3.60. The summed E-state index contributed by atoms with van der Waals surface area (Å²) in [4.78, 5) is 14.7. The highest BCUT2D eigenvalue weighted by molar-refractivity contribution is 7.10. The van der Waals surface area contributed by atoms with Gasteiger partial charge >= 0.3 is 12.6 Å². The van der Waals surface area contributed by atoms with Gasteiger partial charge in [0.1, 0.15) is 10.8 Å². The summed E-state index contributed by atoms with van der Waals surface area (Å²) >= 11 is 1.24. The van der Waals surface area contributed by atoms with E-state index in [0.29, 0.717) is 10.7 Å². The lowest BCUT2D eigenvalue weighted by atomic mass is 10.2. The Balaban J connectivity index is 2.13. The van der Waals surface area contributed by atoms with E-state index in [-0.39, 0.29) is 12.2 Å². The van der Waals surface area contributed by atoms with Crippen LogP contribution in [0.5, 0.6) is 5.75 Å². The molecule has 7 heteroatoms. The summed E-state index contributed by atoms with van der Waals surface area (Å²) in [6.45, 7) is -2.85. The van der Waals surface area contributed by atoms with Crippen LogP contribution in [0, 0.1) is 0 Å². The third-order valence-corrected chi connectivity index (χ3v) is 3.08. The Bertz CT molecular complexity index is 569. The zero-order valence-electron chi connectivity index (χ0n) is 9.55. The molecule has 4 nitrogen and oxygen atoms in total. The molecular weight excluding hydrogens is 276 g/mol. The summed E-state index contributed by atoms with van der Waals surface area (Å²) in [6.07, 6.45) is -0.128. The highest BCUT2D eigenvalue weighted by Gasteiger charge is 2.09. The van der Waals surface area contributed by atoms with Crippen LogP contribution in [0.4, 0.5) is 8.78 Å². The third kappa shape index (κ3) is 3.72. The number of halogens is 2. The van der Waals surface area contributed by atoms with Crippen LogP contribution in [0.2, 0.25) is 0 Å². The average Bonchev–Trinajstić information content (AvgIpc) is 2.76. The van der Waals surface area contributed by atoms with Crippen LogP contribution in [0.1, 0.15) is 5.01 Å². The Kier molecular flexibility index (Phi) is 4.06. The molecule has 0 saturated heterocycles. The first-order valence-electron chi connectivity index (χ1n) is 5.26. The van der Waals surface area contributed by atoms with Crippen molar-refractivity contribution in [3.05, 3.63) is 34.7 Å². The molecule has 0 aliphatic carbocycles. The maximum Gasteiger partial charge on any atom is 0.387 e. The van der Waals surface area contributed by atoms with Crippen molar-refractivity contribution in [2.24, 2.45) is 0 Å². The van der Waals surface area contributed by atoms with E-state index in [1.165, 1.54) is 23.5 Å². The molecule has 0 unspecified atom stereocenters. The van der Waals surface area contributed by atoms with Crippen LogP contribution in [0.3, 0.4) is 0 Å². The maximum atomic E-state index is 12.0. The summed E-state index contributed by atoms with van der Waals surface area (Å²) < 4.78 is 28.2. The van der Waals surface area contributed by atoms with Crippen molar-refractivity contribution in [3.63, 3.8) is 0 Å². The second-order valence-corrected chi connectivity index (χ2v) is 4.54. The van der Waals surface area contributed by atoms with E-state index < -0.39 is 12.6 Å². The van der Waals surface area contributed by atoms with Gasteiger partial charge in [-0.25, -0.2) is 4.98 Å². The number of carboxylic acid groups (broad SMARTS) is 1. The standard InChI is InChI=1S/C12H9F2NO3S/c13-12(14)18-8-3-1-7(2-4-8)9-6-19-10(15-9)5-11(16)17/h1-4,6,12H,5H2,(H,16,17). The summed E-state index contributed by atoms with van der Waals surface area (Å²) in [5.74, 6) is -0.874. The lowest BCUT2D eigenvalue weighted by molar-refractivity contribution is -0.136. The Morgan fingerprint density at radius 1 is 1.37 bits per heavy atom. The lowest BCUT2D eigenvalue weighted by Crippen LogP contribution is -2.01.